The van der Waals surface area contributed by atoms with E-state index in [1.807, 2.05) is 11.8 Å². The Morgan fingerprint density at radius 1 is 1.50 bits per heavy atom. The maximum Gasteiger partial charge on any atom is 0.224 e. The Bertz CT molecular complexity index is 474. The van der Waals surface area contributed by atoms with E-state index in [1.54, 1.807) is 0 Å². The van der Waals surface area contributed by atoms with E-state index in [0.717, 1.165) is 12.8 Å². The van der Waals surface area contributed by atoms with Gasteiger partial charge in [0, 0.05) is 32.6 Å². The highest BCUT2D eigenvalue weighted by atomic mass is 19.1. The standard InChI is InChI=1S/C13H20FN5O/c1-3-15-13-16-8-11(14)12(18-13)19-6-4-10(5-7-19)17-9(2)20/h8,10H,3-7H2,1-2H3,(H,17,20)(H,15,16,18). The third kappa shape index (κ3) is 3.55. The average molecular weight is 281 g/mol. The molecule has 0 aliphatic carbocycles. The summed E-state index contributed by atoms with van der Waals surface area (Å²) in [5.41, 5.74) is 0. The highest BCUT2D eigenvalue weighted by molar-refractivity contribution is 5.73. The smallest absolute Gasteiger partial charge is 0.224 e. The second-order valence-electron chi connectivity index (χ2n) is 4.86. The van der Waals surface area contributed by atoms with Gasteiger partial charge in [-0.05, 0) is 19.8 Å². The van der Waals surface area contributed by atoms with E-state index in [0.29, 0.717) is 31.4 Å². The van der Waals surface area contributed by atoms with Crippen molar-refractivity contribution in [3.63, 3.8) is 0 Å². The van der Waals surface area contributed by atoms with Crippen LogP contribution in [-0.2, 0) is 4.79 Å². The van der Waals surface area contributed by atoms with Gasteiger partial charge >= 0.3 is 0 Å². The van der Waals surface area contributed by atoms with Crippen molar-refractivity contribution >= 4 is 17.7 Å². The molecule has 1 amide bonds. The molecule has 6 nitrogen and oxygen atoms in total. The number of aromatic nitrogens is 2. The SMILES string of the molecule is CCNc1ncc(F)c(N2CCC(NC(C)=O)CC2)n1. The van der Waals surface area contributed by atoms with E-state index in [9.17, 15) is 9.18 Å². The fourth-order valence-corrected chi connectivity index (χ4v) is 2.35. The van der Waals surface area contributed by atoms with Gasteiger partial charge in [-0.1, -0.05) is 0 Å². The van der Waals surface area contributed by atoms with Gasteiger partial charge in [0.2, 0.25) is 11.9 Å². The lowest BCUT2D eigenvalue weighted by Crippen LogP contribution is -2.44. The summed E-state index contributed by atoms with van der Waals surface area (Å²) in [5, 5.41) is 5.87. The Labute approximate surface area is 117 Å². The van der Waals surface area contributed by atoms with E-state index in [2.05, 4.69) is 20.6 Å². The van der Waals surface area contributed by atoms with Crippen molar-refractivity contribution in [1.29, 1.82) is 0 Å². The lowest BCUT2D eigenvalue weighted by Gasteiger charge is -2.33. The normalized spacial score (nSPS) is 16.1. The molecule has 1 aromatic heterocycles. The number of halogens is 1. The summed E-state index contributed by atoms with van der Waals surface area (Å²) in [7, 11) is 0. The summed E-state index contributed by atoms with van der Waals surface area (Å²) in [6.45, 7) is 5.48. The van der Waals surface area contributed by atoms with Crippen LogP contribution >= 0.6 is 0 Å². The first kappa shape index (κ1) is 14.5. The zero-order valence-electron chi connectivity index (χ0n) is 11.8. The van der Waals surface area contributed by atoms with E-state index in [-0.39, 0.29) is 11.9 Å². The molecular formula is C13H20FN5O. The lowest BCUT2D eigenvalue weighted by atomic mass is 10.1. The number of anilines is 2. The van der Waals surface area contributed by atoms with Gasteiger partial charge in [-0.15, -0.1) is 0 Å². The maximum atomic E-state index is 13.8. The first-order chi connectivity index (χ1) is 9.60. The molecule has 20 heavy (non-hydrogen) atoms. The molecule has 7 heteroatoms. The Morgan fingerprint density at radius 3 is 2.80 bits per heavy atom. The topological polar surface area (TPSA) is 70.2 Å². The second kappa shape index (κ2) is 6.49. The van der Waals surface area contributed by atoms with Crippen LogP contribution in [0.25, 0.3) is 0 Å². The first-order valence-electron chi connectivity index (χ1n) is 6.88. The molecule has 0 unspecified atom stereocenters. The number of nitrogens with one attached hydrogen (secondary N) is 2. The molecule has 2 heterocycles. The van der Waals surface area contributed by atoms with Crippen LogP contribution in [0.15, 0.2) is 6.20 Å². The number of carbonyl (C=O) groups excluding carboxylic acids is 1. The van der Waals surface area contributed by atoms with Gasteiger partial charge < -0.3 is 15.5 Å². The molecule has 0 saturated carbocycles. The molecule has 0 bridgehead atoms. The molecule has 2 rings (SSSR count). The number of hydrogen-bond acceptors (Lipinski definition) is 5. The van der Waals surface area contributed by atoms with E-state index < -0.39 is 5.82 Å². The number of amides is 1. The van der Waals surface area contributed by atoms with Crippen LogP contribution < -0.4 is 15.5 Å². The summed E-state index contributed by atoms with van der Waals surface area (Å²) in [4.78, 5) is 21.0. The van der Waals surface area contributed by atoms with Crippen LogP contribution in [0.3, 0.4) is 0 Å². The van der Waals surface area contributed by atoms with Crippen LogP contribution in [0.1, 0.15) is 26.7 Å². The molecule has 0 atom stereocenters. The molecule has 1 saturated heterocycles. The zero-order valence-corrected chi connectivity index (χ0v) is 11.8. The van der Waals surface area contributed by atoms with Crippen LogP contribution in [0, 0.1) is 5.82 Å². The van der Waals surface area contributed by atoms with Crippen LogP contribution in [0.2, 0.25) is 0 Å². The van der Waals surface area contributed by atoms with Gasteiger partial charge in [0.15, 0.2) is 11.6 Å². The van der Waals surface area contributed by atoms with E-state index in [1.165, 1.54) is 13.1 Å². The molecule has 1 aliphatic rings. The molecule has 1 aromatic rings. The van der Waals surface area contributed by atoms with Crippen molar-refractivity contribution in [2.75, 3.05) is 29.9 Å². The molecule has 1 fully saturated rings. The minimum absolute atomic E-state index is 0.0221. The van der Waals surface area contributed by atoms with Crippen molar-refractivity contribution < 1.29 is 9.18 Å². The van der Waals surface area contributed by atoms with Crippen molar-refractivity contribution in [3.8, 4) is 0 Å². The summed E-state index contributed by atoms with van der Waals surface area (Å²) < 4.78 is 13.8. The highest BCUT2D eigenvalue weighted by Crippen LogP contribution is 2.21. The predicted molar refractivity (Wildman–Crippen MR) is 75.2 cm³/mol. The second-order valence-corrected chi connectivity index (χ2v) is 4.86. The Hall–Kier alpha value is -1.92. The van der Waals surface area contributed by atoms with Gasteiger partial charge in [0.25, 0.3) is 0 Å². The summed E-state index contributed by atoms with van der Waals surface area (Å²) in [6, 6.07) is 0.168. The molecule has 1 aliphatic heterocycles. The van der Waals surface area contributed by atoms with Gasteiger partial charge in [-0.3, -0.25) is 4.79 Å². The third-order valence-corrected chi connectivity index (χ3v) is 3.26. The van der Waals surface area contributed by atoms with Gasteiger partial charge in [0.1, 0.15) is 0 Å². The number of rotatable bonds is 4. The van der Waals surface area contributed by atoms with E-state index in [4.69, 9.17) is 0 Å². The van der Waals surface area contributed by atoms with Crippen LogP contribution in [0.4, 0.5) is 16.2 Å². The van der Waals surface area contributed by atoms with Crippen molar-refractivity contribution in [1.82, 2.24) is 15.3 Å². The van der Waals surface area contributed by atoms with Crippen molar-refractivity contribution in [2.45, 2.75) is 32.7 Å². The van der Waals surface area contributed by atoms with Gasteiger partial charge in [-0.2, -0.15) is 4.98 Å². The fourth-order valence-electron chi connectivity index (χ4n) is 2.35. The molecule has 0 radical (unpaired) electrons. The number of hydrogen-bond donors (Lipinski definition) is 2. The maximum absolute atomic E-state index is 13.8. The summed E-state index contributed by atoms with van der Waals surface area (Å²) in [6.07, 6.45) is 2.78. The average Bonchev–Trinajstić information content (AvgIpc) is 2.42. The quantitative estimate of drug-likeness (QED) is 0.866. The fraction of sp³-hybridized carbons (Fsp3) is 0.615. The lowest BCUT2D eigenvalue weighted by molar-refractivity contribution is -0.119. The molecular weight excluding hydrogens is 261 g/mol. The summed E-state index contributed by atoms with van der Waals surface area (Å²) in [5.74, 6) is 0.334. The predicted octanol–water partition coefficient (Wildman–Crippen LogP) is 1.15. The van der Waals surface area contributed by atoms with Crippen molar-refractivity contribution in [3.05, 3.63) is 12.0 Å². The Balaban J connectivity index is 2.02. The zero-order chi connectivity index (χ0) is 14.5. The molecule has 110 valence electrons. The van der Waals surface area contributed by atoms with Gasteiger partial charge in [0.05, 0.1) is 6.20 Å². The highest BCUT2D eigenvalue weighted by Gasteiger charge is 2.23. The van der Waals surface area contributed by atoms with Crippen LogP contribution in [0.5, 0.6) is 0 Å². The van der Waals surface area contributed by atoms with Crippen LogP contribution in [-0.4, -0.2) is 41.6 Å². The van der Waals surface area contributed by atoms with Crippen molar-refractivity contribution in [2.24, 2.45) is 0 Å². The first-order valence-corrected chi connectivity index (χ1v) is 6.88. The molecule has 0 spiro atoms. The number of piperidine rings is 1. The number of nitrogens with zero attached hydrogens (tertiary/aromatic N) is 3. The van der Waals surface area contributed by atoms with Gasteiger partial charge in [-0.25, -0.2) is 9.37 Å². The Kier molecular flexibility index (Phi) is 4.70. The summed E-state index contributed by atoms with van der Waals surface area (Å²) >= 11 is 0. The minimum Gasteiger partial charge on any atom is -0.354 e. The molecule has 2 N–H and O–H groups in total. The monoisotopic (exact) mass is 281 g/mol. The molecule has 0 aromatic carbocycles. The number of carbonyl (C=O) groups is 1. The third-order valence-electron chi connectivity index (χ3n) is 3.26. The van der Waals surface area contributed by atoms with E-state index >= 15 is 0 Å². The Morgan fingerprint density at radius 2 is 2.20 bits per heavy atom. The largest absolute Gasteiger partial charge is 0.354 e. The minimum atomic E-state index is -0.412.